The van der Waals surface area contributed by atoms with Crippen molar-refractivity contribution in [1.29, 1.82) is 0 Å². The summed E-state index contributed by atoms with van der Waals surface area (Å²) in [4.78, 5) is 14.1. The van der Waals surface area contributed by atoms with E-state index in [1.165, 1.54) is 38.5 Å². The second kappa shape index (κ2) is 6.23. The van der Waals surface area contributed by atoms with Gasteiger partial charge >= 0.3 is 0 Å². The van der Waals surface area contributed by atoms with Gasteiger partial charge in [-0.2, -0.15) is 0 Å². The highest BCUT2D eigenvalue weighted by molar-refractivity contribution is 5.84. The normalized spacial score (nSPS) is 23.7. The topological polar surface area (TPSA) is 58.4 Å². The SMILES string of the molecule is CN(CCCC(C)(NC1CC1)C(N)=O)C1CCCC1. The van der Waals surface area contributed by atoms with Gasteiger partial charge in [0, 0.05) is 12.1 Å². The summed E-state index contributed by atoms with van der Waals surface area (Å²) in [6.45, 7) is 3.03. The van der Waals surface area contributed by atoms with Gasteiger partial charge in [0.25, 0.3) is 0 Å². The maximum atomic E-state index is 11.7. The Balaban J connectivity index is 1.73. The second-order valence-corrected chi connectivity index (χ2v) is 6.64. The number of carbonyl (C=O) groups excluding carboxylic acids is 1. The zero-order valence-corrected chi connectivity index (χ0v) is 12.5. The van der Waals surface area contributed by atoms with Crippen LogP contribution < -0.4 is 11.1 Å². The van der Waals surface area contributed by atoms with Gasteiger partial charge in [0.15, 0.2) is 0 Å². The Morgan fingerprint density at radius 3 is 2.47 bits per heavy atom. The van der Waals surface area contributed by atoms with Crippen LogP contribution in [0.4, 0.5) is 0 Å². The lowest BCUT2D eigenvalue weighted by Gasteiger charge is -2.30. The third kappa shape index (κ3) is 4.18. The van der Waals surface area contributed by atoms with Gasteiger partial charge < -0.3 is 16.0 Å². The monoisotopic (exact) mass is 267 g/mol. The molecule has 2 rings (SSSR count). The van der Waals surface area contributed by atoms with Crippen molar-refractivity contribution in [3.05, 3.63) is 0 Å². The lowest BCUT2D eigenvalue weighted by Crippen LogP contribution is -2.54. The van der Waals surface area contributed by atoms with Crippen molar-refractivity contribution >= 4 is 5.91 Å². The molecule has 0 aromatic heterocycles. The number of nitrogens with two attached hydrogens (primary N) is 1. The van der Waals surface area contributed by atoms with E-state index in [-0.39, 0.29) is 5.91 Å². The molecule has 0 heterocycles. The summed E-state index contributed by atoms with van der Waals surface area (Å²) in [5.41, 5.74) is 5.05. The van der Waals surface area contributed by atoms with Gasteiger partial charge in [0.05, 0.1) is 5.54 Å². The van der Waals surface area contributed by atoms with Gasteiger partial charge in [-0.15, -0.1) is 0 Å². The molecule has 0 spiro atoms. The Morgan fingerprint density at radius 2 is 1.95 bits per heavy atom. The number of nitrogens with zero attached hydrogens (tertiary/aromatic N) is 1. The summed E-state index contributed by atoms with van der Waals surface area (Å²) in [5, 5.41) is 3.42. The van der Waals surface area contributed by atoms with E-state index in [2.05, 4.69) is 17.3 Å². The van der Waals surface area contributed by atoms with Crippen LogP contribution in [0.2, 0.25) is 0 Å². The molecule has 0 saturated heterocycles. The van der Waals surface area contributed by atoms with E-state index in [9.17, 15) is 4.79 Å². The van der Waals surface area contributed by atoms with Crippen LogP contribution >= 0.6 is 0 Å². The van der Waals surface area contributed by atoms with Gasteiger partial charge in [-0.25, -0.2) is 0 Å². The molecule has 2 fully saturated rings. The smallest absolute Gasteiger partial charge is 0.237 e. The van der Waals surface area contributed by atoms with E-state index in [1.807, 2.05) is 6.92 Å². The Kier molecular flexibility index (Phi) is 4.85. The molecular weight excluding hydrogens is 238 g/mol. The van der Waals surface area contributed by atoms with Crippen LogP contribution in [0.15, 0.2) is 0 Å². The lowest BCUT2D eigenvalue weighted by molar-refractivity contribution is -0.124. The number of carbonyl (C=O) groups is 1. The summed E-state index contributed by atoms with van der Waals surface area (Å²) in [6, 6.07) is 1.28. The maximum absolute atomic E-state index is 11.7. The lowest BCUT2D eigenvalue weighted by atomic mass is 9.94. The number of amides is 1. The van der Waals surface area contributed by atoms with E-state index < -0.39 is 5.54 Å². The number of rotatable bonds is 8. The quantitative estimate of drug-likeness (QED) is 0.703. The fourth-order valence-corrected chi connectivity index (χ4v) is 3.15. The van der Waals surface area contributed by atoms with Gasteiger partial charge in [-0.05, 0) is 59.0 Å². The fraction of sp³-hybridized carbons (Fsp3) is 0.933. The van der Waals surface area contributed by atoms with Gasteiger partial charge in [0.1, 0.15) is 0 Å². The van der Waals surface area contributed by atoms with Crippen LogP contribution in [0.1, 0.15) is 58.3 Å². The van der Waals surface area contributed by atoms with Crippen LogP contribution in [0, 0.1) is 0 Å². The predicted molar refractivity (Wildman–Crippen MR) is 77.9 cm³/mol. The molecule has 2 saturated carbocycles. The first-order valence-electron chi connectivity index (χ1n) is 7.79. The summed E-state index contributed by atoms with van der Waals surface area (Å²) in [7, 11) is 2.21. The molecule has 4 heteroatoms. The summed E-state index contributed by atoms with van der Waals surface area (Å²) in [6.07, 6.45) is 9.67. The van der Waals surface area contributed by atoms with E-state index in [0.29, 0.717) is 6.04 Å². The Morgan fingerprint density at radius 1 is 1.32 bits per heavy atom. The molecule has 0 aromatic carbocycles. The molecular formula is C15H29N3O. The third-order valence-electron chi connectivity index (χ3n) is 4.78. The molecule has 2 aliphatic carbocycles. The van der Waals surface area contributed by atoms with Gasteiger partial charge in [-0.3, -0.25) is 4.79 Å². The molecule has 4 nitrogen and oxygen atoms in total. The molecule has 1 unspecified atom stereocenters. The highest BCUT2D eigenvalue weighted by atomic mass is 16.1. The molecule has 110 valence electrons. The number of nitrogens with one attached hydrogen (secondary N) is 1. The predicted octanol–water partition coefficient (Wildman–Crippen LogP) is 1.64. The second-order valence-electron chi connectivity index (χ2n) is 6.64. The van der Waals surface area contributed by atoms with Crippen LogP contribution in [-0.4, -0.2) is 42.0 Å². The molecule has 0 aromatic rings. The summed E-state index contributed by atoms with van der Waals surface area (Å²) < 4.78 is 0. The first-order valence-corrected chi connectivity index (χ1v) is 7.79. The third-order valence-corrected chi connectivity index (χ3v) is 4.78. The number of primary amides is 1. The maximum Gasteiger partial charge on any atom is 0.237 e. The molecule has 0 radical (unpaired) electrons. The standard InChI is InChI=1S/C15H29N3O/c1-15(14(16)19,17-12-8-9-12)10-5-11-18(2)13-6-3-4-7-13/h12-13,17H,3-11H2,1-2H3,(H2,16,19). The Hall–Kier alpha value is -0.610. The van der Waals surface area contributed by atoms with Crippen molar-refractivity contribution in [2.75, 3.05) is 13.6 Å². The van der Waals surface area contributed by atoms with Crippen LogP contribution in [0.25, 0.3) is 0 Å². The summed E-state index contributed by atoms with van der Waals surface area (Å²) >= 11 is 0. The molecule has 0 aliphatic heterocycles. The van der Waals surface area contributed by atoms with Crippen molar-refractivity contribution in [3.63, 3.8) is 0 Å². The van der Waals surface area contributed by atoms with Crippen molar-refractivity contribution in [1.82, 2.24) is 10.2 Å². The molecule has 1 atom stereocenters. The molecule has 1 amide bonds. The van der Waals surface area contributed by atoms with Crippen LogP contribution in [0.5, 0.6) is 0 Å². The van der Waals surface area contributed by atoms with Gasteiger partial charge in [-0.1, -0.05) is 12.8 Å². The van der Waals surface area contributed by atoms with E-state index >= 15 is 0 Å². The van der Waals surface area contributed by atoms with E-state index in [4.69, 9.17) is 5.73 Å². The van der Waals surface area contributed by atoms with Crippen LogP contribution in [0.3, 0.4) is 0 Å². The molecule has 0 bridgehead atoms. The zero-order chi connectivity index (χ0) is 13.9. The number of hydrogen-bond donors (Lipinski definition) is 2. The minimum absolute atomic E-state index is 0.206. The number of hydrogen-bond acceptors (Lipinski definition) is 3. The fourth-order valence-electron chi connectivity index (χ4n) is 3.15. The first-order chi connectivity index (χ1) is 9.01. The first kappa shape index (κ1) is 14.8. The molecule has 19 heavy (non-hydrogen) atoms. The van der Waals surface area contributed by atoms with Gasteiger partial charge in [0.2, 0.25) is 5.91 Å². The van der Waals surface area contributed by atoms with Crippen LogP contribution in [-0.2, 0) is 4.79 Å². The highest BCUT2D eigenvalue weighted by Gasteiger charge is 2.36. The van der Waals surface area contributed by atoms with Crippen molar-refractivity contribution < 1.29 is 4.79 Å². The highest BCUT2D eigenvalue weighted by Crippen LogP contribution is 2.26. The largest absolute Gasteiger partial charge is 0.368 e. The minimum Gasteiger partial charge on any atom is -0.368 e. The van der Waals surface area contributed by atoms with Crippen molar-refractivity contribution in [2.24, 2.45) is 5.73 Å². The average molecular weight is 267 g/mol. The zero-order valence-electron chi connectivity index (χ0n) is 12.5. The minimum atomic E-state index is -0.516. The average Bonchev–Trinajstić information content (AvgIpc) is 2.98. The van der Waals surface area contributed by atoms with Crippen molar-refractivity contribution in [3.8, 4) is 0 Å². The molecule has 2 aliphatic rings. The Bertz CT molecular complexity index is 311. The van der Waals surface area contributed by atoms with Crippen molar-refractivity contribution in [2.45, 2.75) is 75.9 Å². The summed E-state index contributed by atoms with van der Waals surface area (Å²) in [5.74, 6) is -0.206. The van der Waals surface area contributed by atoms with E-state index in [1.54, 1.807) is 0 Å². The Labute approximate surface area is 117 Å². The molecule has 3 N–H and O–H groups in total. The van der Waals surface area contributed by atoms with E-state index in [0.717, 1.165) is 25.4 Å².